The Balaban J connectivity index is 3.24. The van der Waals surface area contributed by atoms with Crippen molar-refractivity contribution in [1.82, 2.24) is 0 Å². The summed E-state index contributed by atoms with van der Waals surface area (Å²) in [7, 11) is 1.52. The number of rotatable bonds is 7. The third kappa shape index (κ3) is 6.51. The first-order valence-electron chi connectivity index (χ1n) is 3.83. The van der Waals surface area contributed by atoms with Crippen LogP contribution in [0.4, 0.5) is 0 Å². The van der Waals surface area contributed by atoms with E-state index in [0.717, 1.165) is 0 Å². The Morgan fingerprint density at radius 2 is 1.58 bits per heavy atom. The van der Waals surface area contributed by atoms with Crippen LogP contribution in [0, 0.1) is 0 Å². The number of hydrogen-bond acceptors (Lipinski definition) is 5. The zero-order valence-corrected chi connectivity index (χ0v) is 7.90. The van der Waals surface area contributed by atoms with Gasteiger partial charge in [-0.1, -0.05) is 0 Å². The standard InChI is InChI=1S/C7H16O5/c1-5-9-10-7(3)12-11-6(2)8-4/h6-7H,5H2,1-4H3. The molecule has 0 rings (SSSR count). The number of ether oxygens (including phenoxy) is 1. The molecule has 0 aromatic carbocycles. The van der Waals surface area contributed by atoms with Crippen LogP contribution >= 0.6 is 0 Å². The lowest BCUT2D eigenvalue weighted by molar-refractivity contribution is -0.481. The average Bonchev–Trinajstić information content (AvgIpc) is 2.10. The van der Waals surface area contributed by atoms with Gasteiger partial charge in [-0.05, 0) is 20.8 Å². The Morgan fingerprint density at radius 3 is 2.08 bits per heavy atom. The van der Waals surface area contributed by atoms with Crippen LogP contribution in [0.3, 0.4) is 0 Å². The summed E-state index contributed by atoms with van der Waals surface area (Å²) in [6.07, 6.45) is -0.986. The molecule has 0 fully saturated rings. The lowest BCUT2D eigenvalue weighted by Crippen LogP contribution is -2.19. The van der Waals surface area contributed by atoms with Crippen molar-refractivity contribution < 1.29 is 24.3 Å². The molecule has 0 heterocycles. The fourth-order valence-corrected chi connectivity index (χ4v) is 0.376. The van der Waals surface area contributed by atoms with Crippen molar-refractivity contribution in [2.24, 2.45) is 0 Å². The predicted molar refractivity (Wildman–Crippen MR) is 40.8 cm³/mol. The summed E-state index contributed by atoms with van der Waals surface area (Å²) in [5.41, 5.74) is 0. The van der Waals surface area contributed by atoms with Crippen LogP contribution in [0.15, 0.2) is 0 Å². The molecule has 0 bridgehead atoms. The van der Waals surface area contributed by atoms with Gasteiger partial charge in [-0.2, -0.15) is 4.89 Å². The fraction of sp³-hybridized carbons (Fsp3) is 1.00. The molecular weight excluding hydrogens is 164 g/mol. The second-order valence-corrected chi connectivity index (χ2v) is 2.07. The molecule has 0 saturated heterocycles. The first kappa shape index (κ1) is 11.8. The Morgan fingerprint density at radius 1 is 1.00 bits per heavy atom. The second kappa shape index (κ2) is 7.45. The van der Waals surface area contributed by atoms with Crippen molar-refractivity contribution in [3.05, 3.63) is 0 Å². The summed E-state index contributed by atoms with van der Waals surface area (Å²) in [5, 5.41) is 0. The SMILES string of the molecule is CCOOC(C)OOC(C)OC. The van der Waals surface area contributed by atoms with Crippen molar-refractivity contribution in [3.63, 3.8) is 0 Å². The van der Waals surface area contributed by atoms with Crippen molar-refractivity contribution in [3.8, 4) is 0 Å². The van der Waals surface area contributed by atoms with E-state index in [0.29, 0.717) is 6.61 Å². The molecule has 0 aromatic heterocycles. The van der Waals surface area contributed by atoms with Crippen LogP contribution in [0.5, 0.6) is 0 Å². The minimum Gasteiger partial charge on any atom is -0.353 e. The molecule has 0 radical (unpaired) electrons. The average molecular weight is 180 g/mol. The fourth-order valence-electron chi connectivity index (χ4n) is 0.376. The smallest absolute Gasteiger partial charge is 0.221 e. The molecule has 0 amide bonds. The summed E-state index contributed by atoms with van der Waals surface area (Å²) >= 11 is 0. The maximum atomic E-state index is 4.76. The van der Waals surface area contributed by atoms with Gasteiger partial charge in [0.15, 0.2) is 6.29 Å². The van der Waals surface area contributed by atoms with E-state index >= 15 is 0 Å². The van der Waals surface area contributed by atoms with E-state index in [-0.39, 0.29) is 0 Å². The second-order valence-electron chi connectivity index (χ2n) is 2.07. The van der Waals surface area contributed by atoms with Gasteiger partial charge in [0.2, 0.25) is 6.29 Å². The van der Waals surface area contributed by atoms with Gasteiger partial charge in [0.05, 0.1) is 6.61 Å². The number of methoxy groups -OCH3 is 1. The third-order valence-electron chi connectivity index (χ3n) is 0.980. The van der Waals surface area contributed by atoms with Gasteiger partial charge in [-0.25, -0.2) is 14.7 Å². The molecule has 0 saturated carbocycles. The van der Waals surface area contributed by atoms with E-state index < -0.39 is 12.6 Å². The van der Waals surface area contributed by atoms with Gasteiger partial charge in [-0.15, -0.1) is 0 Å². The normalized spacial score (nSPS) is 16.0. The Labute approximate surface area is 72.4 Å². The molecule has 12 heavy (non-hydrogen) atoms. The maximum absolute atomic E-state index is 4.76. The van der Waals surface area contributed by atoms with Gasteiger partial charge < -0.3 is 4.74 Å². The summed E-state index contributed by atoms with van der Waals surface area (Å²) in [5.74, 6) is 0. The van der Waals surface area contributed by atoms with Gasteiger partial charge in [-0.3, -0.25) is 0 Å². The zero-order valence-electron chi connectivity index (χ0n) is 7.90. The molecule has 0 aliphatic carbocycles. The molecular formula is C7H16O5. The van der Waals surface area contributed by atoms with E-state index in [1.165, 1.54) is 7.11 Å². The highest BCUT2D eigenvalue weighted by atomic mass is 17.3. The lowest BCUT2D eigenvalue weighted by atomic mass is 10.8. The molecule has 74 valence electrons. The minimum atomic E-state index is -0.567. The molecule has 0 aliphatic heterocycles. The summed E-state index contributed by atoms with van der Waals surface area (Å²) < 4.78 is 4.76. The van der Waals surface area contributed by atoms with Crippen molar-refractivity contribution in [1.29, 1.82) is 0 Å². The van der Waals surface area contributed by atoms with Crippen LogP contribution in [-0.2, 0) is 24.3 Å². The van der Waals surface area contributed by atoms with Crippen molar-refractivity contribution in [2.75, 3.05) is 13.7 Å². The topological polar surface area (TPSA) is 46.2 Å². The monoisotopic (exact) mass is 180 g/mol. The molecule has 0 aromatic rings. The van der Waals surface area contributed by atoms with Gasteiger partial charge in [0.25, 0.3) is 0 Å². The molecule has 2 atom stereocenters. The van der Waals surface area contributed by atoms with Crippen LogP contribution in [0.25, 0.3) is 0 Å². The highest BCUT2D eigenvalue weighted by Gasteiger charge is 2.06. The third-order valence-corrected chi connectivity index (χ3v) is 0.980. The van der Waals surface area contributed by atoms with Crippen LogP contribution in [0.1, 0.15) is 20.8 Å². The Bertz CT molecular complexity index is 97.8. The van der Waals surface area contributed by atoms with Gasteiger partial charge >= 0.3 is 0 Å². The first-order chi connectivity index (χ1) is 5.70. The van der Waals surface area contributed by atoms with Crippen molar-refractivity contribution >= 4 is 0 Å². The summed E-state index contributed by atoms with van der Waals surface area (Å²) in [4.78, 5) is 18.7. The highest BCUT2D eigenvalue weighted by molar-refractivity contribution is 4.20. The first-order valence-corrected chi connectivity index (χ1v) is 3.83. The molecule has 2 unspecified atom stereocenters. The molecule has 5 nitrogen and oxygen atoms in total. The highest BCUT2D eigenvalue weighted by Crippen LogP contribution is 1.99. The van der Waals surface area contributed by atoms with E-state index in [2.05, 4.69) is 9.78 Å². The van der Waals surface area contributed by atoms with Crippen molar-refractivity contribution in [2.45, 2.75) is 33.4 Å². The Hall–Kier alpha value is -0.200. The van der Waals surface area contributed by atoms with E-state index in [1.807, 2.05) is 6.92 Å². The van der Waals surface area contributed by atoms with Crippen LogP contribution < -0.4 is 0 Å². The molecule has 0 N–H and O–H groups in total. The van der Waals surface area contributed by atoms with E-state index in [4.69, 9.17) is 14.5 Å². The lowest BCUT2D eigenvalue weighted by Gasteiger charge is -2.14. The van der Waals surface area contributed by atoms with Gasteiger partial charge in [0.1, 0.15) is 0 Å². The summed E-state index contributed by atoms with van der Waals surface area (Å²) in [6.45, 7) is 5.63. The zero-order chi connectivity index (χ0) is 9.40. The molecule has 0 aliphatic rings. The van der Waals surface area contributed by atoms with Gasteiger partial charge in [0, 0.05) is 7.11 Å². The minimum absolute atomic E-state index is 0.419. The van der Waals surface area contributed by atoms with E-state index in [9.17, 15) is 0 Å². The molecule has 0 spiro atoms. The Kier molecular flexibility index (Phi) is 7.33. The van der Waals surface area contributed by atoms with E-state index in [1.54, 1.807) is 13.8 Å². The van der Waals surface area contributed by atoms with Crippen LogP contribution in [-0.4, -0.2) is 26.3 Å². The van der Waals surface area contributed by atoms with Crippen LogP contribution in [0.2, 0.25) is 0 Å². The maximum Gasteiger partial charge on any atom is 0.221 e. The molecule has 5 heteroatoms. The largest absolute Gasteiger partial charge is 0.353 e. The summed E-state index contributed by atoms with van der Waals surface area (Å²) in [6, 6.07) is 0. The quantitative estimate of drug-likeness (QED) is 0.335. The predicted octanol–water partition coefficient (Wildman–Crippen LogP) is 1.24. The number of hydrogen-bond donors (Lipinski definition) is 0.